The first-order chi connectivity index (χ1) is 15.1. The van der Waals surface area contributed by atoms with Crippen molar-refractivity contribution in [1.82, 2.24) is 19.9 Å². The standard InChI is InChI=1S/C21H21F3N6O2/c1-12(2)29-16-8-17(18-4-3-14-7-13(9-25)10-28-30(14)18)27-11-15(16)20(32)26-6-5-19(31)21(22,23)24/h3-4,7-8,10-12,19,31H,5-6H2,1-2H3,(H,26,32)(H,27,29). The van der Waals surface area contributed by atoms with Crippen LogP contribution in [0, 0.1) is 11.3 Å². The molecule has 3 rings (SSSR count). The van der Waals surface area contributed by atoms with Gasteiger partial charge in [-0.15, -0.1) is 0 Å². The fourth-order valence-corrected chi connectivity index (χ4v) is 3.04. The van der Waals surface area contributed by atoms with E-state index in [1.165, 1.54) is 12.4 Å². The third kappa shape index (κ3) is 5.15. The van der Waals surface area contributed by atoms with Gasteiger partial charge in [0, 0.05) is 18.8 Å². The molecule has 3 aromatic rings. The first kappa shape index (κ1) is 23.0. The van der Waals surface area contributed by atoms with Crippen LogP contribution in [0.2, 0.25) is 0 Å². The van der Waals surface area contributed by atoms with E-state index in [2.05, 4.69) is 20.7 Å². The van der Waals surface area contributed by atoms with Crippen molar-refractivity contribution in [1.29, 1.82) is 5.26 Å². The molecule has 0 aliphatic carbocycles. The van der Waals surface area contributed by atoms with Gasteiger partial charge in [-0.05, 0) is 44.5 Å². The van der Waals surface area contributed by atoms with Crippen LogP contribution >= 0.6 is 0 Å². The van der Waals surface area contributed by atoms with E-state index in [1.54, 1.807) is 28.8 Å². The second kappa shape index (κ2) is 9.23. The third-order valence-electron chi connectivity index (χ3n) is 4.57. The minimum absolute atomic E-state index is 0.0378. The Morgan fingerprint density at radius 2 is 2.03 bits per heavy atom. The fourth-order valence-electron chi connectivity index (χ4n) is 3.04. The van der Waals surface area contributed by atoms with E-state index >= 15 is 0 Å². The lowest BCUT2D eigenvalue weighted by molar-refractivity contribution is -0.204. The molecule has 0 fully saturated rings. The lowest BCUT2D eigenvalue weighted by Crippen LogP contribution is -2.34. The van der Waals surface area contributed by atoms with Crippen LogP contribution in [0.25, 0.3) is 16.9 Å². The number of aliphatic hydroxyl groups is 1. The summed E-state index contributed by atoms with van der Waals surface area (Å²) in [5.74, 6) is -0.613. The molecule has 0 saturated carbocycles. The smallest absolute Gasteiger partial charge is 0.384 e. The second-order valence-electron chi connectivity index (χ2n) is 7.43. The van der Waals surface area contributed by atoms with Crippen LogP contribution in [0.4, 0.5) is 18.9 Å². The van der Waals surface area contributed by atoms with Gasteiger partial charge < -0.3 is 15.7 Å². The molecular formula is C21H21F3N6O2. The highest BCUT2D eigenvalue weighted by atomic mass is 19.4. The summed E-state index contributed by atoms with van der Waals surface area (Å²) in [6, 6.07) is 8.89. The SMILES string of the molecule is CC(C)Nc1cc(-c2ccc3cc(C#N)cnn23)ncc1C(=O)NCCC(O)C(F)(F)F. The number of halogens is 3. The molecule has 0 saturated heterocycles. The molecule has 0 aromatic carbocycles. The van der Waals surface area contributed by atoms with Gasteiger partial charge in [0.1, 0.15) is 6.07 Å². The molecule has 8 nitrogen and oxygen atoms in total. The Labute approximate surface area is 181 Å². The number of anilines is 1. The van der Waals surface area contributed by atoms with Gasteiger partial charge in [-0.25, -0.2) is 4.52 Å². The molecule has 32 heavy (non-hydrogen) atoms. The van der Waals surface area contributed by atoms with Crippen LogP contribution in [0.3, 0.4) is 0 Å². The van der Waals surface area contributed by atoms with Crippen molar-refractivity contribution < 1.29 is 23.1 Å². The van der Waals surface area contributed by atoms with Crippen LogP contribution in [0.15, 0.2) is 36.7 Å². The van der Waals surface area contributed by atoms with E-state index in [9.17, 15) is 18.0 Å². The van der Waals surface area contributed by atoms with Crippen LogP contribution in [-0.2, 0) is 0 Å². The van der Waals surface area contributed by atoms with Crippen LogP contribution in [-0.4, -0.2) is 50.5 Å². The lowest BCUT2D eigenvalue weighted by atomic mass is 10.1. The summed E-state index contributed by atoms with van der Waals surface area (Å²) in [6.07, 6.45) is -5.13. The van der Waals surface area contributed by atoms with Gasteiger partial charge in [-0.1, -0.05) is 0 Å². The van der Waals surface area contributed by atoms with E-state index in [1.807, 2.05) is 19.9 Å². The molecule has 0 aliphatic rings. The average molecular weight is 446 g/mol. The largest absolute Gasteiger partial charge is 0.414 e. The molecule has 1 unspecified atom stereocenters. The molecular weight excluding hydrogens is 425 g/mol. The van der Waals surface area contributed by atoms with Gasteiger partial charge in [0.25, 0.3) is 5.91 Å². The molecule has 1 atom stereocenters. The number of alkyl halides is 3. The molecule has 3 heterocycles. The Kier molecular flexibility index (Phi) is 6.64. The van der Waals surface area contributed by atoms with Gasteiger partial charge in [0.05, 0.1) is 39.9 Å². The number of hydrogen-bond acceptors (Lipinski definition) is 6. The number of nitrogens with one attached hydrogen (secondary N) is 2. The summed E-state index contributed by atoms with van der Waals surface area (Å²) in [5.41, 5.74) is 2.86. The number of carbonyl (C=O) groups excluding carboxylic acids is 1. The summed E-state index contributed by atoms with van der Waals surface area (Å²) >= 11 is 0. The Balaban J connectivity index is 1.86. The molecule has 168 valence electrons. The zero-order valence-electron chi connectivity index (χ0n) is 17.3. The van der Waals surface area contributed by atoms with Crippen LogP contribution in [0.1, 0.15) is 36.2 Å². The molecule has 11 heteroatoms. The minimum atomic E-state index is -4.74. The van der Waals surface area contributed by atoms with E-state index in [0.29, 0.717) is 28.2 Å². The van der Waals surface area contributed by atoms with Crippen molar-refractivity contribution in [2.24, 2.45) is 0 Å². The zero-order valence-corrected chi connectivity index (χ0v) is 17.3. The number of hydrogen-bond donors (Lipinski definition) is 3. The predicted molar refractivity (Wildman–Crippen MR) is 111 cm³/mol. The van der Waals surface area contributed by atoms with Crippen molar-refractivity contribution in [3.05, 3.63) is 47.8 Å². The number of nitriles is 1. The number of rotatable bonds is 7. The molecule has 0 spiro atoms. The predicted octanol–water partition coefficient (Wildman–Crippen LogP) is 3.13. The molecule has 0 bridgehead atoms. The van der Waals surface area contributed by atoms with Gasteiger partial charge in [0.2, 0.25) is 0 Å². The molecule has 1 amide bonds. The normalized spacial score (nSPS) is 12.6. The van der Waals surface area contributed by atoms with Crippen molar-refractivity contribution >= 4 is 17.1 Å². The Morgan fingerprint density at radius 3 is 2.69 bits per heavy atom. The zero-order chi connectivity index (χ0) is 23.5. The highest BCUT2D eigenvalue weighted by molar-refractivity contribution is 6.00. The van der Waals surface area contributed by atoms with E-state index in [0.717, 1.165) is 0 Å². The summed E-state index contributed by atoms with van der Waals surface area (Å²) < 4.78 is 38.9. The first-order valence-electron chi connectivity index (χ1n) is 9.78. The fraction of sp³-hybridized carbons (Fsp3) is 0.333. The summed E-state index contributed by atoms with van der Waals surface area (Å²) in [7, 11) is 0. The lowest BCUT2D eigenvalue weighted by Gasteiger charge is -2.17. The number of carbonyl (C=O) groups is 1. The number of amides is 1. The highest BCUT2D eigenvalue weighted by Crippen LogP contribution is 2.26. The first-order valence-corrected chi connectivity index (χ1v) is 9.78. The molecule has 3 N–H and O–H groups in total. The summed E-state index contributed by atoms with van der Waals surface area (Å²) in [6.45, 7) is 3.40. The summed E-state index contributed by atoms with van der Waals surface area (Å²) in [5, 5.41) is 27.9. The van der Waals surface area contributed by atoms with Gasteiger partial charge in [-0.3, -0.25) is 9.78 Å². The minimum Gasteiger partial charge on any atom is -0.384 e. The van der Waals surface area contributed by atoms with Crippen LogP contribution in [0.5, 0.6) is 0 Å². The number of aliphatic hydroxyl groups excluding tert-OH is 1. The number of nitrogens with zero attached hydrogens (tertiary/aromatic N) is 4. The Hall–Kier alpha value is -3.65. The third-order valence-corrected chi connectivity index (χ3v) is 4.57. The van der Waals surface area contributed by atoms with Crippen molar-refractivity contribution in [3.8, 4) is 17.5 Å². The number of pyridine rings is 1. The number of aromatic nitrogens is 3. The van der Waals surface area contributed by atoms with Crippen molar-refractivity contribution in [2.45, 2.75) is 38.6 Å². The maximum atomic E-state index is 12.6. The van der Waals surface area contributed by atoms with Crippen LogP contribution < -0.4 is 10.6 Å². The quantitative estimate of drug-likeness (QED) is 0.514. The average Bonchev–Trinajstić information content (AvgIpc) is 3.15. The van der Waals surface area contributed by atoms with Gasteiger partial charge >= 0.3 is 6.18 Å². The number of fused-ring (bicyclic) bond motifs is 1. The maximum absolute atomic E-state index is 12.6. The molecule has 0 radical (unpaired) electrons. The second-order valence-corrected chi connectivity index (χ2v) is 7.43. The summed E-state index contributed by atoms with van der Waals surface area (Å²) in [4.78, 5) is 16.9. The Morgan fingerprint density at radius 1 is 1.28 bits per heavy atom. The maximum Gasteiger partial charge on any atom is 0.414 e. The van der Waals surface area contributed by atoms with Crippen molar-refractivity contribution in [2.75, 3.05) is 11.9 Å². The highest BCUT2D eigenvalue weighted by Gasteiger charge is 2.37. The molecule has 0 aliphatic heterocycles. The van der Waals surface area contributed by atoms with Gasteiger partial charge in [-0.2, -0.15) is 23.5 Å². The van der Waals surface area contributed by atoms with E-state index in [-0.39, 0.29) is 18.2 Å². The van der Waals surface area contributed by atoms with E-state index in [4.69, 9.17) is 10.4 Å². The van der Waals surface area contributed by atoms with Gasteiger partial charge in [0.15, 0.2) is 6.10 Å². The monoisotopic (exact) mass is 446 g/mol. The van der Waals surface area contributed by atoms with Crippen molar-refractivity contribution in [3.63, 3.8) is 0 Å². The van der Waals surface area contributed by atoms with E-state index < -0.39 is 24.6 Å². The topological polar surface area (TPSA) is 115 Å². The molecule has 3 aromatic heterocycles. The Bertz CT molecular complexity index is 1170.